The fourth-order valence-electron chi connectivity index (χ4n) is 2.67. The first-order valence-corrected chi connectivity index (χ1v) is 5.95. The van der Waals surface area contributed by atoms with Crippen molar-refractivity contribution in [1.82, 2.24) is 20.5 Å². The summed E-state index contributed by atoms with van der Waals surface area (Å²) in [5.74, 6) is 3.25. The lowest BCUT2D eigenvalue weighted by molar-refractivity contribution is -0.143. The molecule has 2 aliphatic heterocycles. The number of amides is 4. The van der Waals surface area contributed by atoms with Gasteiger partial charge in [-0.3, -0.25) is 25.2 Å². The van der Waals surface area contributed by atoms with E-state index in [1.165, 1.54) is 11.9 Å². The van der Waals surface area contributed by atoms with Crippen molar-refractivity contribution in [2.24, 2.45) is 23.4 Å². The lowest BCUT2D eigenvalue weighted by Gasteiger charge is -2.48. The van der Waals surface area contributed by atoms with Crippen LogP contribution in [0.5, 0.6) is 0 Å². The van der Waals surface area contributed by atoms with Crippen LogP contribution in [0.15, 0.2) is 0 Å². The van der Waals surface area contributed by atoms with Crippen LogP contribution in [0.2, 0.25) is 0 Å². The number of hydrazine groups is 1. The smallest absolute Gasteiger partial charge is 0.315 e. The van der Waals surface area contributed by atoms with E-state index < -0.39 is 36.1 Å². The Morgan fingerprint density at radius 3 is 2.63 bits per heavy atom. The fraction of sp³-hybridized carbons (Fsp3) is 0.700. The van der Waals surface area contributed by atoms with Crippen LogP contribution in [-0.4, -0.2) is 54.1 Å². The molecule has 2 rings (SSSR count). The minimum Gasteiger partial charge on any atom is -0.315 e. The molecule has 106 valence electrons. The number of nitrogens with one attached hydrogen (secondary N) is 2. The Hall–Kier alpha value is -1.71. The van der Waals surface area contributed by atoms with Gasteiger partial charge in [0.25, 0.3) is 0 Å². The molecule has 4 amide bonds. The molecule has 0 aromatic rings. The van der Waals surface area contributed by atoms with Gasteiger partial charge in [-0.1, -0.05) is 0 Å². The van der Waals surface area contributed by atoms with E-state index in [-0.39, 0.29) is 12.3 Å². The molecule has 19 heavy (non-hydrogen) atoms. The molecule has 9 heteroatoms. The van der Waals surface area contributed by atoms with Gasteiger partial charge < -0.3 is 10.6 Å². The maximum atomic E-state index is 12.1. The molecule has 0 bridgehead atoms. The number of piperidine rings is 1. The predicted molar refractivity (Wildman–Crippen MR) is 64.8 cm³/mol. The second-order valence-corrected chi connectivity index (χ2v) is 4.89. The van der Waals surface area contributed by atoms with Gasteiger partial charge in [0.1, 0.15) is 0 Å². The van der Waals surface area contributed by atoms with Gasteiger partial charge in [0.15, 0.2) is 0 Å². The van der Waals surface area contributed by atoms with Crippen LogP contribution in [-0.2, 0) is 9.59 Å². The second kappa shape index (κ2) is 4.76. The van der Waals surface area contributed by atoms with Crippen LogP contribution < -0.4 is 22.3 Å². The van der Waals surface area contributed by atoms with E-state index in [2.05, 4.69) is 5.32 Å². The van der Waals surface area contributed by atoms with Gasteiger partial charge in [-0.25, -0.2) is 10.6 Å². The molecule has 0 spiro atoms. The molecule has 0 aromatic heterocycles. The third-order valence-electron chi connectivity index (χ3n) is 3.82. The Morgan fingerprint density at radius 2 is 2.05 bits per heavy atom. The Labute approximate surface area is 110 Å². The number of carbonyl (C=O) groups excluding carboxylic acids is 3. The molecule has 2 fully saturated rings. The van der Waals surface area contributed by atoms with Crippen molar-refractivity contribution >= 4 is 17.8 Å². The van der Waals surface area contributed by atoms with E-state index >= 15 is 0 Å². The number of nitrogens with two attached hydrogens (primary N) is 2. The highest BCUT2D eigenvalue weighted by molar-refractivity contribution is 5.98. The third-order valence-corrected chi connectivity index (χ3v) is 3.82. The van der Waals surface area contributed by atoms with Gasteiger partial charge in [0.05, 0.1) is 24.2 Å². The molecule has 0 radical (unpaired) electrons. The summed E-state index contributed by atoms with van der Waals surface area (Å²) >= 11 is 0. The summed E-state index contributed by atoms with van der Waals surface area (Å²) in [6, 6.07) is -0.396. The van der Waals surface area contributed by atoms with Crippen LogP contribution in [0, 0.1) is 11.8 Å². The highest BCUT2D eigenvalue weighted by Crippen LogP contribution is 2.30. The van der Waals surface area contributed by atoms with Crippen LogP contribution >= 0.6 is 0 Å². The molecule has 2 heterocycles. The molecule has 0 aromatic carbocycles. The van der Waals surface area contributed by atoms with Gasteiger partial charge in [0, 0.05) is 14.1 Å². The first-order valence-electron chi connectivity index (χ1n) is 5.95. The van der Waals surface area contributed by atoms with Gasteiger partial charge in [-0.15, -0.1) is 0 Å². The van der Waals surface area contributed by atoms with E-state index in [4.69, 9.17) is 11.6 Å². The van der Waals surface area contributed by atoms with Crippen molar-refractivity contribution in [3.05, 3.63) is 0 Å². The maximum Gasteiger partial charge on any atom is 0.327 e. The molecule has 0 saturated carbocycles. The van der Waals surface area contributed by atoms with Crippen LogP contribution in [0.3, 0.4) is 0 Å². The van der Waals surface area contributed by atoms with Gasteiger partial charge in [-0.2, -0.15) is 0 Å². The van der Waals surface area contributed by atoms with Crippen LogP contribution in [0.25, 0.3) is 0 Å². The quantitative estimate of drug-likeness (QED) is 0.233. The number of imide groups is 1. The van der Waals surface area contributed by atoms with E-state index in [9.17, 15) is 14.4 Å². The average Bonchev–Trinajstić information content (AvgIpc) is 2.41. The predicted octanol–water partition coefficient (Wildman–Crippen LogP) is -2.66. The normalized spacial score (nSPS) is 35.2. The number of nitrogens with zero attached hydrogens (tertiary/aromatic N) is 2. The van der Waals surface area contributed by atoms with Crippen molar-refractivity contribution in [2.45, 2.75) is 18.8 Å². The summed E-state index contributed by atoms with van der Waals surface area (Å²) < 4.78 is 0. The summed E-state index contributed by atoms with van der Waals surface area (Å²) in [4.78, 5) is 38.0. The third kappa shape index (κ3) is 2.05. The zero-order valence-corrected chi connectivity index (χ0v) is 10.8. The number of urea groups is 1. The van der Waals surface area contributed by atoms with E-state index in [0.29, 0.717) is 0 Å². The average molecular weight is 270 g/mol. The van der Waals surface area contributed by atoms with Gasteiger partial charge >= 0.3 is 6.03 Å². The molecule has 2 saturated heterocycles. The minimum absolute atomic E-state index is 0.253. The molecule has 4 atom stereocenters. The number of hydrogen-bond donors (Lipinski definition) is 4. The molecule has 9 nitrogen and oxygen atoms in total. The van der Waals surface area contributed by atoms with Crippen molar-refractivity contribution < 1.29 is 14.4 Å². The van der Waals surface area contributed by atoms with E-state index in [1.54, 1.807) is 7.05 Å². The summed E-state index contributed by atoms with van der Waals surface area (Å²) in [7, 11) is 3.01. The molecular weight excluding hydrogens is 252 g/mol. The Morgan fingerprint density at radius 1 is 1.42 bits per heavy atom. The lowest BCUT2D eigenvalue weighted by atomic mass is 9.83. The van der Waals surface area contributed by atoms with Crippen molar-refractivity contribution in [1.29, 1.82) is 0 Å². The standard InChI is InChI=1S/C10H18N6O3/c1-15-7-5(9(18)16(2)10(15)19)3-4(6(11)13-7)8(17)14-12/h4-7,13H,3,11-12H2,1-2H3,(H,14,17). The molecule has 4 unspecified atom stereocenters. The second-order valence-electron chi connectivity index (χ2n) is 4.89. The highest BCUT2D eigenvalue weighted by Gasteiger charge is 2.49. The lowest BCUT2D eigenvalue weighted by Crippen LogP contribution is -2.71. The van der Waals surface area contributed by atoms with Gasteiger partial charge in [-0.05, 0) is 6.42 Å². The monoisotopic (exact) mass is 270 g/mol. The Balaban J connectivity index is 2.25. The molecular formula is C10H18N6O3. The number of carbonyl (C=O) groups is 3. The summed E-state index contributed by atoms with van der Waals surface area (Å²) in [5, 5.41) is 2.93. The topological polar surface area (TPSA) is 134 Å². The molecule has 0 aliphatic carbocycles. The SMILES string of the molecule is CN1C(=O)C2CC(C(=O)NN)C(N)NC2N(C)C1=O. The Bertz CT molecular complexity index is 427. The minimum atomic E-state index is -0.656. The van der Waals surface area contributed by atoms with E-state index in [1.807, 2.05) is 5.43 Å². The largest absolute Gasteiger partial charge is 0.327 e. The van der Waals surface area contributed by atoms with Crippen molar-refractivity contribution in [3.8, 4) is 0 Å². The summed E-state index contributed by atoms with van der Waals surface area (Å²) in [6.07, 6.45) is -0.896. The van der Waals surface area contributed by atoms with E-state index in [0.717, 1.165) is 4.90 Å². The summed E-state index contributed by atoms with van der Waals surface area (Å²) in [5.41, 5.74) is 7.90. The fourth-order valence-corrected chi connectivity index (χ4v) is 2.67. The molecule has 2 aliphatic rings. The Kier molecular flexibility index (Phi) is 3.43. The van der Waals surface area contributed by atoms with Crippen molar-refractivity contribution in [3.63, 3.8) is 0 Å². The van der Waals surface area contributed by atoms with Gasteiger partial charge in [0.2, 0.25) is 11.8 Å². The highest BCUT2D eigenvalue weighted by atomic mass is 16.2. The number of fused-ring (bicyclic) bond motifs is 1. The zero-order chi connectivity index (χ0) is 14.3. The van der Waals surface area contributed by atoms with Crippen molar-refractivity contribution in [2.75, 3.05) is 14.1 Å². The van der Waals surface area contributed by atoms with Crippen LogP contribution in [0.1, 0.15) is 6.42 Å². The first kappa shape index (κ1) is 13.7. The zero-order valence-electron chi connectivity index (χ0n) is 10.8. The first-order chi connectivity index (χ1) is 8.88. The maximum absolute atomic E-state index is 12.1. The molecule has 6 N–H and O–H groups in total. The number of rotatable bonds is 1. The summed E-state index contributed by atoms with van der Waals surface area (Å²) in [6.45, 7) is 0. The van der Waals surface area contributed by atoms with Crippen LogP contribution in [0.4, 0.5) is 4.79 Å². The number of hydrogen-bond acceptors (Lipinski definition) is 6.